The van der Waals surface area contributed by atoms with Crippen LogP contribution in [0.15, 0.2) is 46.9 Å². The number of amides is 2. The standard InChI is InChI=1S/C23H28FN7O5/c1-23(2,3)36-21(33)27-9-8-26-20(29-30-25)19-7-4-14(11-28-19)17-6-5-15(10-18(17)24)31-12-16(13-32)35-22(31)34/h4-7,10-11,16,32H,8-9,12-13H2,1-3H3,(H,27,33)(H2,25,26,29)/t16-/m1/s1. The molecule has 192 valence electrons. The second-order valence-electron chi connectivity index (χ2n) is 8.80. The van der Waals surface area contributed by atoms with Gasteiger partial charge in [0.1, 0.15) is 23.2 Å². The van der Waals surface area contributed by atoms with Gasteiger partial charge in [-0.15, -0.1) is 5.10 Å². The van der Waals surface area contributed by atoms with Gasteiger partial charge in [0, 0.05) is 30.4 Å². The number of aliphatic hydroxyl groups excluding tert-OH is 1. The fourth-order valence-electron chi connectivity index (χ4n) is 3.31. The molecule has 12 nitrogen and oxygen atoms in total. The summed E-state index contributed by atoms with van der Waals surface area (Å²) in [6.07, 6.45) is -0.407. The van der Waals surface area contributed by atoms with Gasteiger partial charge in [0.2, 0.25) is 0 Å². The molecule has 13 heteroatoms. The predicted molar refractivity (Wildman–Crippen MR) is 128 cm³/mol. The van der Waals surface area contributed by atoms with E-state index in [0.717, 1.165) is 0 Å². The summed E-state index contributed by atoms with van der Waals surface area (Å²) in [4.78, 5) is 29.2. The maximum atomic E-state index is 14.9. The minimum Gasteiger partial charge on any atom is -0.444 e. The third-order valence-electron chi connectivity index (χ3n) is 4.89. The molecule has 1 aliphatic rings. The molecule has 0 spiro atoms. The van der Waals surface area contributed by atoms with E-state index in [2.05, 4.69) is 25.9 Å². The van der Waals surface area contributed by atoms with E-state index < -0.39 is 29.7 Å². The fourth-order valence-corrected chi connectivity index (χ4v) is 3.31. The first-order chi connectivity index (χ1) is 17.1. The van der Waals surface area contributed by atoms with E-state index in [9.17, 15) is 19.1 Å². The van der Waals surface area contributed by atoms with Crippen LogP contribution in [-0.4, -0.2) is 66.1 Å². The molecule has 2 aromatic rings. The molecule has 1 aliphatic heterocycles. The summed E-state index contributed by atoms with van der Waals surface area (Å²) in [6.45, 7) is 5.60. The Morgan fingerprint density at radius 1 is 1.31 bits per heavy atom. The molecule has 0 unspecified atom stereocenters. The lowest BCUT2D eigenvalue weighted by Crippen LogP contribution is -2.38. The molecule has 1 saturated heterocycles. The van der Waals surface area contributed by atoms with Crippen LogP contribution >= 0.6 is 0 Å². The lowest BCUT2D eigenvalue weighted by Gasteiger charge is -2.19. The van der Waals surface area contributed by atoms with E-state index in [4.69, 9.17) is 15.0 Å². The number of alkyl carbamates (subject to hydrolysis) is 1. The first-order valence-corrected chi connectivity index (χ1v) is 11.1. The molecule has 1 aromatic heterocycles. The average molecular weight is 502 g/mol. The Bertz CT molecular complexity index is 1130. The molecule has 1 aromatic carbocycles. The van der Waals surface area contributed by atoms with E-state index in [1.54, 1.807) is 39.0 Å². The Balaban J connectivity index is 1.64. The molecule has 0 saturated carbocycles. The van der Waals surface area contributed by atoms with Crippen LogP contribution in [-0.2, 0) is 9.47 Å². The van der Waals surface area contributed by atoms with E-state index in [1.807, 2.05) is 0 Å². The smallest absolute Gasteiger partial charge is 0.414 e. The lowest BCUT2D eigenvalue weighted by atomic mass is 10.1. The number of hydrogen-bond acceptors (Lipinski definition) is 8. The molecule has 3 rings (SSSR count). The highest BCUT2D eigenvalue weighted by Crippen LogP contribution is 2.29. The van der Waals surface area contributed by atoms with Gasteiger partial charge >= 0.3 is 12.2 Å². The second-order valence-corrected chi connectivity index (χ2v) is 8.80. The number of aliphatic hydroxyl groups is 1. The number of cyclic esters (lactones) is 1. The Kier molecular flexibility index (Phi) is 8.48. The second kappa shape index (κ2) is 11.5. The molecule has 4 N–H and O–H groups in total. The minimum atomic E-state index is -0.648. The predicted octanol–water partition coefficient (Wildman–Crippen LogP) is 3.01. The Morgan fingerprint density at radius 3 is 2.64 bits per heavy atom. The first-order valence-electron chi connectivity index (χ1n) is 11.1. The Hall–Kier alpha value is -4.13. The summed E-state index contributed by atoms with van der Waals surface area (Å²) >= 11 is 0. The van der Waals surface area contributed by atoms with E-state index >= 15 is 0 Å². The van der Waals surface area contributed by atoms with Gasteiger partial charge in [0.15, 0.2) is 5.84 Å². The van der Waals surface area contributed by atoms with Gasteiger partial charge in [-0.05, 0) is 45.0 Å². The summed E-state index contributed by atoms with van der Waals surface area (Å²) in [5.74, 6) is -0.368. The lowest BCUT2D eigenvalue weighted by molar-refractivity contribution is 0.0529. The zero-order chi connectivity index (χ0) is 26.3. The number of anilines is 1. The fraction of sp³-hybridized carbons (Fsp3) is 0.391. The highest BCUT2D eigenvalue weighted by atomic mass is 19.1. The van der Waals surface area contributed by atoms with Crippen LogP contribution in [0.5, 0.6) is 0 Å². The largest absolute Gasteiger partial charge is 0.444 e. The summed E-state index contributed by atoms with van der Waals surface area (Å²) in [5, 5.41) is 21.5. The number of nitrogens with one attached hydrogen (secondary N) is 3. The van der Waals surface area contributed by atoms with Crippen molar-refractivity contribution in [3.05, 3.63) is 48.0 Å². The summed E-state index contributed by atoms with van der Waals surface area (Å²) in [7, 11) is 0. The summed E-state index contributed by atoms with van der Waals surface area (Å²) in [6, 6.07) is 7.54. The first kappa shape index (κ1) is 26.5. The molecule has 0 aliphatic carbocycles. The van der Waals surface area contributed by atoms with Crippen molar-refractivity contribution in [1.29, 1.82) is 5.53 Å². The topological polar surface area (TPSA) is 162 Å². The van der Waals surface area contributed by atoms with Crippen molar-refractivity contribution in [2.75, 3.05) is 31.1 Å². The van der Waals surface area contributed by atoms with Crippen LogP contribution in [0.25, 0.3) is 11.1 Å². The monoisotopic (exact) mass is 501 g/mol. The molecular formula is C23H28FN7O5. The zero-order valence-electron chi connectivity index (χ0n) is 20.1. The molecule has 1 fully saturated rings. The van der Waals surface area contributed by atoms with Crippen molar-refractivity contribution in [2.45, 2.75) is 32.5 Å². The van der Waals surface area contributed by atoms with Crippen LogP contribution in [0.1, 0.15) is 26.5 Å². The summed E-state index contributed by atoms with van der Waals surface area (Å²) < 4.78 is 25.0. The third kappa shape index (κ3) is 6.95. The van der Waals surface area contributed by atoms with E-state index in [0.29, 0.717) is 16.9 Å². The maximum absolute atomic E-state index is 14.9. The zero-order valence-corrected chi connectivity index (χ0v) is 20.1. The number of amidine groups is 1. The van der Waals surface area contributed by atoms with Crippen LogP contribution in [0.2, 0.25) is 0 Å². The number of pyridine rings is 1. The van der Waals surface area contributed by atoms with Crippen molar-refractivity contribution in [3.8, 4) is 11.1 Å². The van der Waals surface area contributed by atoms with Crippen molar-refractivity contribution in [2.24, 2.45) is 10.3 Å². The molecule has 2 amide bonds. The maximum Gasteiger partial charge on any atom is 0.414 e. The molecule has 36 heavy (non-hydrogen) atoms. The number of halogens is 1. The number of rotatable bonds is 8. The van der Waals surface area contributed by atoms with Gasteiger partial charge < -0.3 is 25.2 Å². The van der Waals surface area contributed by atoms with Gasteiger partial charge in [-0.25, -0.2) is 14.0 Å². The van der Waals surface area contributed by atoms with E-state index in [1.165, 1.54) is 23.2 Å². The van der Waals surface area contributed by atoms with Gasteiger partial charge in [0.25, 0.3) is 0 Å². The van der Waals surface area contributed by atoms with Crippen molar-refractivity contribution >= 4 is 23.7 Å². The average Bonchev–Trinajstić information content (AvgIpc) is 3.21. The number of carbonyl (C=O) groups is 2. The van der Waals surface area contributed by atoms with Crippen LogP contribution < -0.4 is 15.5 Å². The number of hydrogen-bond donors (Lipinski definition) is 4. The highest BCUT2D eigenvalue weighted by molar-refractivity contribution is 5.97. The molecule has 2 heterocycles. The highest BCUT2D eigenvalue weighted by Gasteiger charge is 2.32. The van der Waals surface area contributed by atoms with Gasteiger partial charge in [-0.1, -0.05) is 11.3 Å². The number of nitrogens with zero attached hydrogens (tertiary/aromatic N) is 4. The molecule has 0 bridgehead atoms. The van der Waals surface area contributed by atoms with Crippen LogP contribution in [0.3, 0.4) is 0 Å². The van der Waals surface area contributed by atoms with Gasteiger partial charge in [0.05, 0.1) is 18.8 Å². The van der Waals surface area contributed by atoms with E-state index in [-0.39, 0.29) is 37.6 Å². The number of aromatic nitrogens is 1. The number of carbonyl (C=O) groups excluding carboxylic acids is 2. The SMILES string of the molecule is CC(C)(C)OC(=O)NCCN/C(=N\N=N)c1ccc(-c2ccc(N3C[C@H](CO)OC3=O)cc2F)cn1. The molecular weight excluding hydrogens is 473 g/mol. The molecule has 1 atom stereocenters. The Labute approximate surface area is 207 Å². The summed E-state index contributed by atoms with van der Waals surface area (Å²) in [5.41, 5.74) is 7.86. The van der Waals surface area contributed by atoms with Gasteiger partial charge in [-0.3, -0.25) is 9.88 Å². The third-order valence-corrected chi connectivity index (χ3v) is 4.89. The quantitative estimate of drug-likeness (QED) is 0.142. The van der Waals surface area contributed by atoms with Crippen molar-refractivity contribution < 1.29 is 28.6 Å². The minimum absolute atomic E-state index is 0.133. The number of ether oxygens (including phenoxy) is 2. The van der Waals surface area contributed by atoms with Gasteiger partial charge in [-0.2, -0.15) is 5.53 Å². The number of benzene rings is 1. The van der Waals surface area contributed by atoms with Crippen LogP contribution in [0, 0.1) is 11.3 Å². The van der Waals surface area contributed by atoms with Crippen molar-refractivity contribution in [3.63, 3.8) is 0 Å². The van der Waals surface area contributed by atoms with Crippen LogP contribution in [0.4, 0.5) is 19.7 Å². The molecule has 0 radical (unpaired) electrons. The van der Waals surface area contributed by atoms with Crippen molar-refractivity contribution in [1.82, 2.24) is 15.6 Å². The Morgan fingerprint density at radius 2 is 2.06 bits per heavy atom. The normalized spacial score (nSPS) is 15.9.